The average molecular weight is 443 g/mol. The third kappa shape index (κ3) is 2.59. The number of fused-ring (bicyclic) bond motifs is 2. The van der Waals surface area contributed by atoms with E-state index in [-0.39, 0.29) is 5.92 Å². The number of benzene rings is 4. The molecule has 0 amide bonds. The van der Waals surface area contributed by atoms with Crippen LogP contribution in [0.25, 0.3) is 11.1 Å². The Hall–Kier alpha value is -3.42. The van der Waals surface area contributed by atoms with Gasteiger partial charge < -0.3 is 5.11 Å². The van der Waals surface area contributed by atoms with Crippen molar-refractivity contribution in [2.24, 2.45) is 10.8 Å². The van der Waals surface area contributed by atoms with Gasteiger partial charge in [-0.25, -0.2) is 0 Å². The zero-order chi connectivity index (χ0) is 23.4. The summed E-state index contributed by atoms with van der Waals surface area (Å²) in [6.45, 7) is 4.60. The van der Waals surface area contributed by atoms with Crippen molar-refractivity contribution >= 4 is 11.1 Å². The molecule has 4 aromatic rings. The highest BCUT2D eigenvalue weighted by Gasteiger charge is 2.75. The van der Waals surface area contributed by atoms with E-state index < -0.39 is 16.4 Å². The van der Waals surface area contributed by atoms with Gasteiger partial charge in [0.15, 0.2) is 0 Å². The minimum Gasteiger partial charge on any atom is -0.383 e. The summed E-state index contributed by atoms with van der Waals surface area (Å²) in [5, 5.41) is 13.1. The molecule has 4 unspecified atom stereocenters. The summed E-state index contributed by atoms with van der Waals surface area (Å²) in [6, 6.07) is 42.6. The number of rotatable bonds is 4. The van der Waals surface area contributed by atoms with Crippen LogP contribution < -0.4 is 0 Å². The van der Waals surface area contributed by atoms with Crippen molar-refractivity contribution in [1.29, 1.82) is 0 Å². The van der Waals surface area contributed by atoms with Crippen LogP contribution >= 0.6 is 0 Å². The third-order valence-electron chi connectivity index (χ3n) is 8.70. The first-order chi connectivity index (χ1) is 16.5. The lowest BCUT2D eigenvalue weighted by Gasteiger charge is -2.45. The molecule has 1 nitrogen and oxygen atoms in total. The van der Waals surface area contributed by atoms with E-state index in [4.69, 9.17) is 0 Å². The maximum atomic E-state index is 13.1. The van der Waals surface area contributed by atoms with Gasteiger partial charge in [-0.2, -0.15) is 0 Å². The molecular formula is C33H30O. The highest BCUT2D eigenvalue weighted by atomic mass is 16.3. The van der Waals surface area contributed by atoms with Crippen molar-refractivity contribution in [2.75, 3.05) is 0 Å². The fourth-order valence-corrected chi connectivity index (χ4v) is 7.31. The van der Waals surface area contributed by atoms with Crippen LogP contribution in [0.5, 0.6) is 0 Å². The van der Waals surface area contributed by atoms with E-state index >= 15 is 0 Å². The Kier molecular flexibility index (Phi) is 4.69. The zero-order valence-electron chi connectivity index (χ0n) is 19.8. The summed E-state index contributed by atoms with van der Waals surface area (Å²) < 4.78 is 0. The van der Waals surface area contributed by atoms with Gasteiger partial charge in [0.25, 0.3) is 0 Å². The molecule has 0 radical (unpaired) electrons. The number of hydrogen-bond donors (Lipinski definition) is 1. The Morgan fingerprint density at radius 1 is 0.588 bits per heavy atom. The maximum Gasteiger partial charge on any atom is 0.109 e. The molecule has 0 aromatic heterocycles. The molecule has 1 fully saturated rings. The molecule has 1 N–H and O–H groups in total. The largest absolute Gasteiger partial charge is 0.383 e. The zero-order valence-corrected chi connectivity index (χ0v) is 19.8. The lowest BCUT2D eigenvalue weighted by Crippen LogP contribution is -2.46. The molecule has 0 heterocycles. The Bertz CT molecular complexity index is 1340. The van der Waals surface area contributed by atoms with Crippen molar-refractivity contribution in [3.8, 4) is 0 Å². The third-order valence-corrected chi connectivity index (χ3v) is 8.70. The summed E-state index contributed by atoms with van der Waals surface area (Å²) in [5.41, 5.74) is 5.21. The molecule has 0 spiro atoms. The molecular weight excluding hydrogens is 412 g/mol. The van der Waals surface area contributed by atoms with Gasteiger partial charge >= 0.3 is 0 Å². The molecule has 0 saturated heterocycles. The monoisotopic (exact) mass is 442 g/mol. The van der Waals surface area contributed by atoms with Gasteiger partial charge in [0.2, 0.25) is 0 Å². The van der Waals surface area contributed by atoms with Crippen molar-refractivity contribution in [3.05, 3.63) is 144 Å². The second-order valence-electron chi connectivity index (χ2n) is 10.3. The van der Waals surface area contributed by atoms with E-state index in [2.05, 4.69) is 129 Å². The summed E-state index contributed by atoms with van der Waals surface area (Å²) in [4.78, 5) is 0. The molecule has 34 heavy (non-hydrogen) atoms. The molecule has 4 atom stereocenters. The van der Waals surface area contributed by atoms with Gasteiger partial charge in [-0.3, -0.25) is 0 Å². The highest BCUT2D eigenvalue weighted by molar-refractivity contribution is 6.02. The standard InChI is InChI=1S/C33H30O/c1-31-23-28(24-15-7-3-8-16-24)32(2,33(31,34)27-21-13-6-14-22-27)30(26-19-11-5-12-20-26)29(31)25-17-9-4-10-18-25/h3-22,28,34H,23H2,1-2H3. The number of hydrogen-bond acceptors (Lipinski definition) is 1. The predicted octanol–water partition coefficient (Wildman–Crippen LogP) is 7.70. The fraction of sp³-hybridized carbons (Fsp3) is 0.212. The van der Waals surface area contributed by atoms with Gasteiger partial charge in [0.05, 0.1) is 0 Å². The van der Waals surface area contributed by atoms with E-state index in [1.807, 2.05) is 6.07 Å². The quantitative estimate of drug-likeness (QED) is 0.343. The molecule has 4 aromatic carbocycles. The lowest BCUT2D eigenvalue weighted by atomic mass is 9.62. The van der Waals surface area contributed by atoms with Gasteiger partial charge in [-0.1, -0.05) is 135 Å². The molecule has 6 rings (SSSR count). The van der Waals surface area contributed by atoms with Crippen LogP contribution in [0, 0.1) is 10.8 Å². The SMILES string of the molecule is CC12CC(c3ccccc3)C(C)(C(c3ccccc3)=C1c1ccccc1)C2(O)c1ccccc1. The summed E-state index contributed by atoms with van der Waals surface area (Å²) >= 11 is 0. The Balaban J connectivity index is 1.73. The smallest absolute Gasteiger partial charge is 0.109 e. The molecule has 0 aliphatic heterocycles. The van der Waals surface area contributed by atoms with Crippen molar-refractivity contribution in [3.63, 3.8) is 0 Å². The second kappa shape index (κ2) is 7.55. The summed E-state index contributed by atoms with van der Waals surface area (Å²) in [6.07, 6.45) is 0.888. The van der Waals surface area contributed by atoms with Crippen molar-refractivity contribution in [2.45, 2.75) is 31.8 Å². The summed E-state index contributed by atoms with van der Waals surface area (Å²) in [5.74, 6) is 0.187. The lowest BCUT2D eigenvalue weighted by molar-refractivity contribution is -0.0774. The molecule has 2 aliphatic rings. The van der Waals surface area contributed by atoms with E-state index in [1.165, 1.54) is 27.8 Å². The van der Waals surface area contributed by atoms with E-state index in [9.17, 15) is 5.11 Å². The summed E-state index contributed by atoms with van der Waals surface area (Å²) in [7, 11) is 0. The molecule has 1 saturated carbocycles. The van der Waals surface area contributed by atoms with Crippen LogP contribution in [-0.2, 0) is 5.60 Å². The van der Waals surface area contributed by atoms with Crippen LogP contribution in [0.3, 0.4) is 0 Å². The molecule has 2 aliphatic carbocycles. The van der Waals surface area contributed by atoms with Crippen molar-refractivity contribution in [1.82, 2.24) is 0 Å². The van der Waals surface area contributed by atoms with Gasteiger partial charge in [-0.05, 0) is 45.7 Å². The second-order valence-corrected chi connectivity index (χ2v) is 10.3. The predicted molar refractivity (Wildman–Crippen MR) is 140 cm³/mol. The average Bonchev–Trinajstić information content (AvgIpc) is 3.18. The fourth-order valence-electron chi connectivity index (χ4n) is 7.31. The topological polar surface area (TPSA) is 20.2 Å². The Morgan fingerprint density at radius 2 is 1.03 bits per heavy atom. The van der Waals surface area contributed by atoms with Crippen LogP contribution in [-0.4, -0.2) is 5.11 Å². The first-order valence-electron chi connectivity index (χ1n) is 12.2. The molecule has 168 valence electrons. The van der Waals surface area contributed by atoms with Gasteiger partial charge in [0.1, 0.15) is 5.60 Å². The Labute approximate surface area is 202 Å². The van der Waals surface area contributed by atoms with Gasteiger partial charge in [0, 0.05) is 10.8 Å². The van der Waals surface area contributed by atoms with Crippen LogP contribution in [0.1, 0.15) is 48.4 Å². The molecule has 2 bridgehead atoms. The first kappa shape index (κ1) is 21.1. The normalized spacial score (nSPS) is 30.0. The maximum absolute atomic E-state index is 13.1. The highest BCUT2D eigenvalue weighted by Crippen LogP contribution is 2.81. The molecule has 1 heteroatoms. The minimum absolute atomic E-state index is 0.187. The number of aliphatic hydroxyl groups is 1. The van der Waals surface area contributed by atoms with Crippen LogP contribution in [0.4, 0.5) is 0 Å². The minimum atomic E-state index is -1.06. The van der Waals surface area contributed by atoms with Crippen LogP contribution in [0.15, 0.2) is 121 Å². The first-order valence-corrected chi connectivity index (χ1v) is 12.2. The van der Waals surface area contributed by atoms with E-state index in [0.29, 0.717) is 0 Å². The Morgan fingerprint density at radius 3 is 1.56 bits per heavy atom. The van der Waals surface area contributed by atoms with Crippen LogP contribution in [0.2, 0.25) is 0 Å². The van der Waals surface area contributed by atoms with E-state index in [0.717, 1.165) is 12.0 Å². The van der Waals surface area contributed by atoms with Crippen molar-refractivity contribution < 1.29 is 5.11 Å². The van der Waals surface area contributed by atoms with E-state index in [1.54, 1.807) is 0 Å². The van der Waals surface area contributed by atoms with Gasteiger partial charge in [-0.15, -0.1) is 0 Å².